The smallest absolute Gasteiger partial charge is 0.338 e. The molecule has 0 saturated heterocycles. The fourth-order valence-electron chi connectivity index (χ4n) is 3.74. The van der Waals surface area contributed by atoms with Gasteiger partial charge >= 0.3 is 5.97 Å². The molecule has 1 amide bonds. The van der Waals surface area contributed by atoms with Crippen LogP contribution in [0.25, 0.3) is 0 Å². The molecule has 2 heterocycles. The van der Waals surface area contributed by atoms with Gasteiger partial charge in [-0.3, -0.25) is 9.78 Å². The van der Waals surface area contributed by atoms with Gasteiger partial charge in [-0.15, -0.1) is 11.3 Å². The van der Waals surface area contributed by atoms with Crippen LogP contribution in [0.3, 0.4) is 0 Å². The number of aliphatic imine (C=N–C) groups is 1. The van der Waals surface area contributed by atoms with Crippen molar-refractivity contribution in [2.24, 2.45) is 4.99 Å². The molecule has 0 spiro atoms. The van der Waals surface area contributed by atoms with Crippen molar-refractivity contribution in [1.82, 2.24) is 4.98 Å². The summed E-state index contributed by atoms with van der Waals surface area (Å²) in [6.45, 7) is 2.09. The van der Waals surface area contributed by atoms with E-state index >= 15 is 0 Å². The number of aryl methyl sites for hydroxylation is 1. The van der Waals surface area contributed by atoms with Crippen molar-refractivity contribution < 1.29 is 14.3 Å². The minimum Gasteiger partial charge on any atom is -0.462 e. The third-order valence-electron chi connectivity index (χ3n) is 5.30. The summed E-state index contributed by atoms with van der Waals surface area (Å²) < 4.78 is 5.02. The first kappa shape index (κ1) is 21.9. The number of ether oxygens (including phenoxy) is 1. The highest BCUT2D eigenvalue weighted by Gasteiger charge is 2.24. The molecule has 1 aromatic carbocycles. The summed E-state index contributed by atoms with van der Waals surface area (Å²) in [6, 6.07) is 10.5. The lowest BCUT2D eigenvalue weighted by Crippen LogP contribution is -2.14. The van der Waals surface area contributed by atoms with E-state index in [9.17, 15) is 9.59 Å². The Morgan fingerprint density at radius 1 is 1.16 bits per heavy atom. The molecule has 1 N–H and O–H groups in total. The van der Waals surface area contributed by atoms with Crippen molar-refractivity contribution in [2.45, 2.75) is 39.0 Å². The number of carbonyl (C=O) groups is 2. The number of rotatable bonds is 6. The Kier molecular flexibility index (Phi) is 7.07. The van der Waals surface area contributed by atoms with Crippen LogP contribution >= 0.6 is 11.3 Å². The van der Waals surface area contributed by atoms with E-state index < -0.39 is 0 Å². The number of hydrogen-bond donors (Lipinski definition) is 1. The van der Waals surface area contributed by atoms with Crippen LogP contribution in [0, 0.1) is 0 Å². The highest BCUT2D eigenvalue weighted by atomic mass is 32.1. The quantitative estimate of drug-likeness (QED) is 0.303. The maximum atomic E-state index is 13.3. The number of anilines is 1. The molecule has 6 nitrogen and oxygen atoms in total. The fourth-order valence-corrected chi connectivity index (χ4v) is 4.97. The molecule has 0 atom stereocenters. The largest absolute Gasteiger partial charge is 0.462 e. The number of fused-ring (bicyclic) bond motifs is 1. The van der Waals surface area contributed by atoms with Gasteiger partial charge in [0.1, 0.15) is 5.00 Å². The molecular weight excluding hydrogens is 422 g/mol. The van der Waals surface area contributed by atoms with Crippen LogP contribution in [-0.4, -0.2) is 29.7 Å². The van der Waals surface area contributed by atoms with Gasteiger partial charge in [0, 0.05) is 34.7 Å². The van der Waals surface area contributed by atoms with E-state index in [1.165, 1.54) is 11.3 Å². The van der Waals surface area contributed by atoms with Crippen molar-refractivity contribution in [3.05, 3.63) is 75.9 Å². The number of pyridine rings is 1. The van der Waals surface area contributed by atoms with Crippen LogP contribution in [0.4, 0.5) is 10.7 Å². The Hall–Kier alpha value is -3.32. The maximum absolute atomic E-state index is 13.3. The van der Waals surface area contributed by atoms with Gasteiger partial charge < -0.3 is 10.1 Å². The molecule has 4 rings (SSSR count). The summed E-state index contributed by atoms with van der Waals surface area (Å²) in [7, 11) is 0. The van der Waals surface area contributed by atoms with E-state index in [4.69, 9.17) is 4.74 Å². The number of nitrogens with one attached hydrogen (secondary N) is 1. The van der Waals surface area contributed by atoms with Gasteiger partial charge in [0.05, 0.1) is 17.7 Å². The molecule has 0 saturated carbocycles. The Morgan fingerprint density at radius 3 is 2.72 bits per heavy atom. The van der Waals surface area contributed by atoms with E-state index in [0.29, 0.717) is 23.4 Å². The Bertz CT molecular complexity index is 1120. The molecule has 164 valence electrons. The van der Waals surface area contributed by atoms with Crippen molar-refractivity contribution >= 4 is 40.1 Å². The molecule has 0 fully saturated rings. The van der Waals surface area contributed by atoms with Crippen molar-refractivity contribution in [2.75, 3.05) is 11.9 Å². The molecule has 0 aliphatic heterocycles. The predicted octanol–water partition coefficient (Wildman–Crippen LogP) is 5.59. The third-order valence-corrected chi connectivity index (χ3v) is 6.50. The van der Waals surface area contributed by atoms with Crippen molar-refractivity contribution in [3.63, 3.8) is 0 Å². The summed E-state index contributed by atoms with van der Waals surface area (Å²) in [4.78, 5) is 35.2. The average molecular weight is 448 g/mol. The minimum atomic E-state index is -0.374. The first-order chi connectivity index (χ1) is 15.7. The lowest BCUT2D eigenvalue weighted by molar-refractivity contribution is 0.0526. The summed E-state index contributed by atoms with van der Waals surface area (Å²) >= 11 is 1.60. The molecule has 0 bridgehead atoms. The Labute approximate surface area is 191 Å². The van der Waals surface area contributed by atoms with Crippen LogP contribution < -0.4 is 5.32 Å². The van der Waals surface area contributed by atoms with E-state index in [0.717, 1.165) is 41.8 Å². The molecule has 0 unspecified atom stereocenters. The zero-order valence-corrected chi connectivity index (χ0v) is 18.8. The van der Waals surface area contributed by atoms with Crippen LogP contribution in [0.5, 0.6) is 0 Å². The number of esters is 1. The van der Waals surface area contributed by atoms with Gasteiger partial charge in [0.25, 0.3) is 5.91 Å². The second kappa shape index (κ2) is 10.3. The topological polar surface area (TPSA) is 80.6 Å². The molecule has 0 radical (unpaired) electrons. The second-order valence-corrected chi connectivity index (χ2v) is 8.62. The number of carbonyl (C=O) groups excluding carboxylic acids is 2. The van der Waals surface area contributed by atoms with Crippen LogP contribution in [-0.2, 0) is 17.6 Å². The van der Waals surface area contributed by atoms with Crippen LogP contribution in [0.15, 0.2) is 53.8 Å². The number of amides is 1. The van der Waals surface area contributed by atoms with Gasteiger partial charge in [0.2, 0.25) is 0 Å². The summed E-state index contributed by atoms with van der Waals surface area (Å²) in [5.74, 6) is -0.549. The highest BCUT2D eigenvalue weighted by molar-refractivity contribution is 7.16. The fraction of sp³-hybridized carbons (Fsp3) is 0.280. The van der Waals surface area contributed by atoms with Gasteiger partial charge in [0.15, 0.2) is 0 Å². The lowest BCUT2D eigenvalue weighted by Gasteiger charge is -2.09. The third kappa shape index (κ3) is 5.11. The zero-order valence-electron chi connectivity index (χ0n) is 18.0. The van der Waals surface area contributed by atoms with Crippen molar-refractivity contribution in [1.29, 1.82) is 0 Å². The number of thiophene rings is 1. The summed E-state index contributed by atoms with van der Waals surface area (Å²) in [5.41, 5.74) is 3.74. The van der Waals surface area contributed by atoms with Crippen molar-refractivity contribution in [3.8, 4) is 0 Å². The number of aromatic nitrogens is 1. The van der Waals surface area contributed by atoms with Gasteiger partial charge in [-0.1, -0.05) is 12.5 Å². The number of benzene rings is 1. The first-order valence-electron chi connectivity index (χ1n) is 10.8. The average Bonchev–Trinajstić information content (AvgIpc) is 3.00. The maximum Gasteiger partial charge on any atom is 0.338 e. The Morgan fingerprint density at radius 2 is 1.97 bits per heavy atom. The standard InChI is InChI=1S/C25H25N3O3S/c1-2-31-25(30)18-10-12-19(13-11-18)28-23(29)22-20-8-4-3-5-9-21(20)32-24(22)27-16-17-7-6-14-26-15-17/h6-7,10-16H,2-5,8-9H2,1H3,(H,28,29)/b27-16+. The van der Waals surface area contributed by atoms with E-state index in [-0.39, 0.29) is 11.9 Å². The van der Waals surface area contributed by atoms with E-state index in [1.54, 1.807) is 61.1 Å². The molecular formula is C25H25N3O3S. The van der Waals surface area contributed by atoms with Crippen LogP contribution in [0.2, 0.25) is 0 Å². The normalized spacial score (nSPS) is 13.4. The predicted molar refractivity (Wildman–Crippen MR) is 127 cm³/mol. The SMILES string of the molecule is CCOC(=O)c1ccc(NC(=O)c2c(/N=C/c3cccnc3)sc3c2CCCCC3)cc1. The van der Waals surface area contributed by atoms with Gasteiger partial charge in [-0.25, -0.2) is 9.79 Å². The number of hydrogen-bond acceptors (Lipinski definition) is 6. The Balaban J connectivity index is 1.61. The van der Waals surface area contributed by atoms with Crippen LogP contribution in [0.1, 0.15) is 62.9 Å². The second-order valence-electron chi connectivity index (χ2n) is 7.54. The number of nitrogens with zero attached hydrogens (tertiary/aromatic N) is 2. The molecule has 7 heteroatoms. The van der Waals surface area contributed by atoms with Gasteiger partial charge in [-0.2, -0.15) is 0 Å². The minimum absolute atomic E-state index is 0.174. The monoisotopic (exact) mass is 447 g/mol. The summed E-state index contributed by atoms with van der Waals surface area (Å²) in [6.07, 6.45) is 10.5. The lowest BCUT2D eigenvalue weighted by atomic mass is 10.0. The molecule has 1 aliphatic rings. The molecule has 2 aromatic heterocycles. The molecule has 3 aromatic rings. The zero-order chi connectivity index (χ0) is 22.3. The highest BCUT2D eigenvalue weighted by Crippen LogP contribution is 2.39. The van der Waals surface area contributed by atoms with E-state index in [1.807, 2.05) is 12.1 Å². The van der Waals surface area contributed by atoms with Gasteiger partial charge in [-0.05, 0) is 68.5 Å². The molecule has 1 aliphatic carbocycles. The molecule has 32 heavy (non-hydrogen) atoms. The summed E-state index contributed by atoms with van der Waals surface area (Å²) in [5, 5.41) is 3.70. The van der Waals surface area contributed by atoms with E-state index in [2.05, 4.69) is 15.3 Å². The first-order valence-corrected chi connectivity index (χ1v) is 11.6.